The van der Waals surface area contributed by atoms with Crippen molar-refractivity contribution in [2.75, 3.05) is 6.54 Å². The van der Waals surface area contributed by atoms with Crippen LogP contribution >= 0.6 is 0 Å². The van der Waals surface area contributed by atoms with Crippen molar-refractivity contribution in [2.24, 2.45) is 0 Å². The summed E-state index contributed by atoms with van der Waals surface area (Å²) in [7, 11) is 0. The number of rotatable bonds is 2. The van der Waals surface area contributed by atoms with Gasteiger partial charge >= 0.3 is 0 Å². The Morgan fingerprint density at radius 2 is 2.33 bits per heavy atom. The van der Waals surface area contributed by atoms with E-state index in [0.717, 1.165) is 0 Å². The molecule has 0 unspecified atom stereocenters. The third kappa shape index (κ3) is 3.89. The molecule has 0 aliphatic heterocycles. The molecule has 0 saturated carbocycles. The third-order valence-corrected chi connectivity index (χ3v) is 0.485. The van der Waals surface area contributed by atoms with E-state index in [1.54, 1.807) is 0 Å². The predicted molar refractivity (Wildman–Crippen MR) is 24.2 cm³/mol. The fraction of sp³-hybridized carbons (Fsp3) is 1.00. The van der Waals surface area contributed by atoms with Crippen molar-refractivity contribution in [3.8, 4) is 0 Å². The van der Waals surface area contributed by atoms with Crippen LogP contribution in [0.15, 0.2) is 0 Å². The number of nitrogens with one attached hydrogen (secondary N) is 1. The van der Waals surface area contributed by atoms with Gasteiger partial charge in [-0.2, -0.15) is 0 Å². The largest absolute Gasteiger partial charge is 0.288 e. The van der Waals surface area contributed by atoms with Gasteiger partial charge in [0.15, 0.2) is 0 Å². The highest BCUT2D eigenvalue weighted by Crippen LogP contribution is 1.75. The Balaban J connectivity index is 2.63. The van der Waals surface area contributed by atoms with E-state index in [0.29, 0.717) is 6.54 Å². The molecule has 0 spiro atoms. The maximum Gasteiger partial charge on any atom is 0.148 e. The fourth-order valence-electron chi connectivity index (χ4n) is 0.281. The molecule has 0 amide bonds. The van der Waals surface area contributed by atoms with Crippen molar-refractivity contribution >= 4 is 0 Å². The minimum absolute atomic E-state index is 0.706. The van der Waals surface area contributed by atoms with Gasteiger partial charge in [-0.05, 0) is 13.5 Å². The molecule has 0 heterocycles. The van der Waals surface area contributed by atoms with Crippen LogP contribution in [0.3, 0.4) is 0 Å². The normalized spacial score (nSPS) is 14.5. The van der Waals surface area contributed by atoms with Gasteiger partial charge in [-0.3, -0.25) is 5.32 Å². The van der Waals surface area contributed by atoms with Gasteiger partial charge in [0.2, 0.25) is 0 Å². The van der Waals surface area contributed by atoms with Crippen LogP contribution in [-0.4, -0.2) is 12.8 Å². The Labute approximate surface area is 37.5 Å². The zero-order valence-electron chi connectivity index (χ0n) is 4.16. The molecule has 0 bridgehead atoms. The Hall–Kier alpha value is -0.110. The molecule has 1 N–H and O–H groups in total. The summed E-state index contributed by atoms with van der Waals surface area (Å²) in [5.41, 5.74) is 0. The second-order valence-corrected chi connectivity index (χ2v) is 1.17. The van der Waals surface area contributed by atoms with Gasteiger partial charge in [0, 0.05) is 0 Å². The Morgan fingerprint density at radius 1 is 1.83 bits per heavy atom. The summed E-state index contributed by atoms with van der Waals surface area (Å²) in [5, 5.41) is 2.54. The summed E-state index contributed by atoms with van der Waals surface area (Å²) >= 11 is 0. The molecule has 0 aromatic heterocycles. The predicted octanol–water partition coefficient (Wildman–Crippen LogP) is 0.911. The molecule has 0 radical (unpaired) electrons. The highest BCUT2D eigenvalue weighted by molar-refractivity contribution is 4.37. The molecule has 0 aromatic rings. The lowest BCUT2D eigenvalue weighted by molar-refractivity contribution is 0.304. The van der Waals surface area contributed by atoms with E-state index in [9.17, 15) is 4.39 Å². The molecular formula is C4H10FN. The van der Waals surface area contributed by atoms with E-state index >= 15 is 0 Å². The van der Waals surface area contributed by atoms with Crippen molar-refractivity contribution in [3.05, 3.63) is 0 Å². The van der Waals surface area contributed by atoms with Crippen LogP contribution in [0.5, 0.6) is 0 Å². The number of hydrogen-bond donors (Lipinski definition) is 1. The van der Waals surface area contributed by atoms with Crippen molar-refractivity contribution in [2.45, 2.75) is 20.1 Å². The van der Waals surface area contributed by atoms with Gasteiger partial charge in [0.1, 0.15) is 6.30 Å². The number of hydrogen-bond acceptors (Lipinski definition) is 1. The summed E-state index contributed by atoms with van der Waals surface area (Å²) in [4.78, 5) is 0. The lowest BCUT2D eigenvalue weighted by Gasteiger charge is -1.96. The lowest BCUT2D eigenvalue weighted by atomic mass is 10.6. The average Bonchev–Trinajstić information content (AvgIpc) is 1.35. The van der Waals surface area contributed by atoms with Crippen LogP contribution in [0.1, 0.15) is 13.8 Å². The van der Waals surface area contributed by atoms with Gasteiger partial charge < -0.3 is 0 Å². The molecule has 0 aliphatic rings. The Kier molecular flexibility index (Phi) is 3.04. The number of halogens is 1. The monoisotopic (exact) mass is 91.1 g/mol. The second kappa shape index (κ2) is 3.09. The lowest BCUT2D eigenvalue weighted by Crippen LogP contribution is -2.19. The van der Waals surface area contributed by atoms with Gasteiger partial charge in [-0.15, -0.1) is 0 Å². The van der Waals surface area contributed by atoms with Crippen molar-refractivity contribution in [1.82, 2.24) is 5.32 Å². The summed E-state index contributed by atoms with van der Waals surface area (Å²) < 4.78 is 11.6. The minimum Gasteiger partial charge on any atom is -0.288 e. The topological polar surface area (TPSA) is 12.0 Å². The first-order valence-corrected chi connectivity index (χ1v) is 2.14. The van der Waals surface area contributed by atoms with Crippen LogP contribution in [-0.2, 0) is 0 Å². The standard InChI is InChI=1S/C4H10FN/c1-3-6-4(2)5/h4,6H,3H2,1-2H3/t4-/m1/s1. The van der Waals surface area contributed by atoms with Crippen LogP contribution in [0.4, 0.5) is 4.39 Å². The molecule has 0 fully saturated rings. The van der Waals surface area contributed by atoms with Crippen LogP contribution in [0, 0.1) is 0 Å². The molecule has 1 nitrogen and oxygen atoms in total. The SMILES string of the molecule is CCN[C@H](C)F. The van der Waals surface area contributed by atoms with E-state index in [1.165, 1.54) is 6.92 Å². The van der Waals surface area contributed by atoms with Gasteiger partial charge in [-0.25, -0.2) is 4.39 Å². The summed E-state index contributed by atoms with van der Waals surface area (Å²) in [6, 6.07) is 0. The first-order valence-electron chi connectivity index (χ1n) is 2.14. The Morgan fingerprint density at radius 3 is 2.33 bits per heavy atom. The first-order chi connectivity index (χ1) is 2.77. The van der Waals surface area contributed by atoms with Crippen molar-refractivity contribution in [1.29, 1.82) is 0 Å². The van der Waals surface area contributed by atoms with E-state index in [1.807, 2.05) is 6.92 Å². The molecule has 6 heavy (non-hydrogen) atoms. The molecule has 0 aromatic carbocycles. The Bertz CT molecular complexity index is 28.7. The fourth-order valence-corrected chi connectivity index (χ4v) is 0.281. The molecule has 1 atom stereocenters. The molecule has 0 saturated heterocycles. The van der Waals surface area contributed by atoms with E-state index < -0.39 is 6.30 Å². The van der Waals surface area contributed by atoms with Crippen molar-refractivity contribution < 1.29 is 4.39 Å². The third-order valence-electron chi connectivity index (χ3n) is 0.485. The smallest absolute Gasteiger partial charge is 0.148 e. The molecule has 0 aliphatic carbocycles. The summed E-state index contributed by atoms with van der Waals surface area (Å²) in [6.45, 7) is 4.05. The van der Waals surface area contributed by atoms with Crippen LogP contribution in [0.25, 0.3) is 0 Å². The zero-order chi connectivity index (χ0) is 4.99. The van der Waals surface area contributed by atoms with Gasteiger partial charge in [0.05, 0.1) is 0 Å². The quantitative estimate of drug-likeness (QED) is 0.498. The second-order valence-electron chi connectivity index (χ2n) is 1.17. The highest BCUT2D eigenvalue weighted by atomic mass is 19.1. The van der Waals surface area contributed by atoms with Crippen LogP contribution in [0.2, 0.25) is 0 Å². The first kappa shape index (κ1) is 5.89. The van der Waals surface area contributed by atoms with E-state index in [2.05, 4.69) is 5.32 Å². The van der Waals surface area contributed by atoms with Crippen molar-refractivity contribution in [3.63, 3.8) is 0 Å². The zero-order valence-corrected chi connectivity index (χ0v) is 4.16. The maximum atomic E-state index is 11.6. The number of alkyl halides is 1. The van der Waals surface area contributed by atoms with Crippen LogP contribution < -0.4 is 5.32 Å². The molecule has 38 valence electrons. The highest BCUT2D eigenvalue weighted by Gasteiger charge is 1.87. The maximum absolute atomic E-state index is 11.6. The van der Waals surface area contributed by atoms with Gasteiger partial charge in [0.25, 0.3) is 0 Å². The molecular weight excluding hydrogens is 81.0 g/mol. The van der Waals surface area contributed by atoms with E-state index in [-0.39, 0.29) is 0 Å². The average molecular weight is 91.1 g/mol. The minimum atomic E-state index is -0.852. The molecule has 0 rings (SSSR count). The van der Waals surface area contributed by atoms with E-state index in [4.69, 9.17) is 0 Å². The molecule has 2 heteroatoms. The van der Waals surface area contributed by atoms with Gasteiger partial charge in [-0.1, -0.05) is 6.92 Å². The summed E-state index contributed by atoms with van der Waals surface area (Å²) in [6.07, 6.45) is -0.852. The summed E-state index contributed by atoms with van der Waals surface area (Å²) in [5.74, 6) is 0.